The van der Waals surface area contributed by atoms with Crippen molar-refractivity contribution in [2.45, 2.75) is 354 Å². The first-order chi connectivity index (χ1) is 33.5. The van der Waals surface area contributed by atoms with Gasteiger partial charge in [0.1, 0.15) is 13.2 Å². The van der Waals surface area contributed by atoms with Crippen molar-refractivity contribution in [3.8, 4) is 0 Å². The van der Waals surface area contributed by atoms with Gasteiger partial charge in [0.15, 0.2) is 6.10 Å². The average molecular weight is 960 g/mol. The van der Waals surface area contributed by atoms with Crippen molar-refractivity contribution in [1.82, 2.24) is 0 Å². The smallest absolute Gasteiger partial charge is 0.306 e. The summed E-state index contributed by atoms with van der Waals surface area (Å²) in [6.07, 6.45) is 66.6. The quantitative estimate of drug-likeness (QED) is 0.0262. The molecule has 0 radical (unpaired) electrons. The predicted molar refractivity (Wildman–Crippen MR) is 293 cm³/mol. The van der Waals surface area contributed by atoms with Crippen molar-refractivity contribution in [1.29, 1.82) is 0 Å². The molecule has 0 saturated carbocycles. The summed E-state index contributed by atoms with van der Waals surface area (Å²) in [5.74, 6) is -0.856. The Bertz CT molecular complexity index is 1060. The van der Waals surface area contributed by atoms with Crippen molar-refractivity contribution in [3.05, 3.63) is 12.2 Å². The van der Waals surface area contributed by atoms with E-state index in [4.69, 9.17) is 14.2 Å². The van der Waals surface area contributed by atoms with Gasteiger partial charge >= 0.3 is 17.9 Å². The molecular weight excluding hydrogens is 841 g/mol. The zero-order chi connectivity index (χ0) is 49.3. The van der Waals surface area contributed by atoms with E-state index in [9.17, 15) is 14.4 Å². The van der Waals surface area contributed by atoms with E-state index in [1.54, 1.807) is 0 Å². The normalized spacial score (nSPS) is 12.0. The molecule has 0 fully saturated rings. The SMILES string of the molecule is CCCCCCCC/C=C\CCCCCCCC(=O)OC(COC(=O)CCCCCCCCCCC)COC(=O)CCCCCCCCCCCCCCCCCCCCCCCCCCCC. The lowest BCUT2D eigenvalue weighted by atomic mass is 10.0. The highest BCUT2D eigenvalue weighted by molar-refractivity contribution is 5.71. The third-order valence-corrected chi connectivity index (χ3v) is 14.0. The third-order valence-electron chi connectivity index (χ3n) is 14.0. The summed E-state index contributed by atoms with van der Waals surface area (Å²) in [5.41, 5.74) is 0. The second-order valence-electron chi connectivity index (χ2n) is 21.0. The van der Waals surface area contributed by atoms with E-state index in [0.717, 1.165) is 64.2 Å². The minimum absolute atomic E-state index is 0.0677. The van der Waals surface area contributed by atoms with Crippen LogP contribution < -0.4 is 0 Å². The standard InChI is InChI=1S/C62H118O6/c1-4-7-10-13-16-19-21-23-25-26-27-28-29-30-31-32-33-34-35-37-38-40-43-46-49-52-55-61(64)67-58-59(57-66-60(63)54-51-48-45-42-18-15-12-9-6-3)68-62(65)56-53-50-47-44-41-39-36-24-22-20-17-14-11-8-5-2/h24,36,59H,4-23,25-35,37-58H2,1-3H3/b36-24-. The predicted octanol–water partition coefficient (Wildman–Crippen LogP) is 20.5. The number of hydrogen-bond donors (Lipinski definition) is 0. The maximum atomic E-state index is 12.8. The van der Waals surface area contributed by atoms with Gasteiger partial charge in [-0.1, -0.05) is 296 Å². The fourth-order valence-corrected chi connectivity index (χ4v) is 9.38. The van der Waals surface area contributed by atoms with E-state index in [1.165, 1.54) is 244 Å². The Kier molecular flexibility index (Phi) is 56.2. The maximum absolute atomic E-state index is 12.8. The van der Waals surface area contributed by atoms with Gasteiger partial charge in [-0.3, -0.25) is 14.4 Å². The van der Waals surface area contributed by atoms with Crippen LogP contribution in [0.5, 0.6) is 0 Å². The molecule has 1 unspecified atom stereocenters. The van der Waals surface area contributed by atoms with E-state index >= 15 is 0 Å². The van der Waals surface area contributed by atoms with Gasteiger partial charge in [-0.2, -0.15) is 0 Å². The van der Waals surface area contributed by atoms with Crippen LogP contribution in [0, 0.1) is 0 Å². The molecule has 0 N–H and O–H groups in total. The van der Waals surface area contributed by atoms with Crippen LogP contribution in [0.1, 0.15) is 348 Å². The number of carbonyl (C=O) groups excluding carboxylic acids is 3. The van der Waals surface area contributed by atoms with E-state index in [0.29, 0.717) is 19.3 Å². The molecule has 0 aromatic heterocycles. The molecule has 6 heteroatoms. The Morgan fingerprint density at radius 1 is 0.279 bits per heavy atom. The van der Waals surface area contributed by atoms with Crippen LogP contribution in [0.25, 0.3) is 0 Å². The molecule has 0 aliphatic heterocycles. The number of carbonyl (C=O) groups is 3. The third kappa shape index (κ3) is 55.1. The molecule has 0 aromatic rings. The highest BCUT2D eigenvalue weighted by Gasteiger charge is 2.19. The molecule has 0 heterocycles. The lowest BCUT2D eigenvalue weighted by molar-refractivity contribution is -0.167. The average Bonchev–Trinajstić information content (AvgIpc) is 3.34. The van der Waals surface area contributed by atoms with Crippen LogP contribution in [0.15, 0.2) is 12.2 Å². The molecule has 0 aliphatic carbocycles. The molecule has 0 saturated heterocycles. The van der Waals surface area contributed by atoms with E-state index in [2.05, 4.69) is 32.9 Å². The molecule has 6 nitrogen and oxygen atoms in total. The molecule has 68 heavy (non-hydrogen) atoms. The highest BCUT2D eigenvalue weighted by Crippen LogP contribution is 2.18. The van der Waals surface area contributed by atoms with Gasteiger partial charge in [0, 0.05) is 19.3 Å². The summed E-state index contributed by atoms with van der Waals surface area (Å²) >= 11 is 0. The van der Waals surface area contributed by atoms with Gasteiger partial charge in [0.05, 0.1) is 0 Å². The topological polar surface area (TPSA) is 78.9 Å². The Balaban J connectivity index is 4.10. The number of hydrogen-bond acceptors (Lipinski definition) is 6. The van der Waals surface area contributed by atoms with Gasteiger partial charge < -0.3 is 14.2 Å². The van der Waals surface area contributed by atoms with Crippen LogP contribution in [0.4, 0.5) is 0 Å². The van der Waals surface area contributed by atoms with Crippen molar-refractivity contribution in [2.75, 3.05) is 13.2 Å². The number of allylic oxidation sites excluding steroid dienone is 2. The fourth-order valence-electron chi connectivity index (χ4n) is 9.38. The number of esters is 3. The first-order valence-electron chi connectivity index (χ1n) is 30.7. The molecule has 0 aliphatic rings. The van der Waals surface area contributed by atoms with Crippen molar-refractivity contribution in [3.63, 3.8) is 0 Å². The van der Waals surface area contributed by atoms with Crippen LogP contribution in [0.2, 0.25) is 0 Å². The summed E-state index contributed by atoms with van der Waals surface area (Å²) in [5, 5.41) is 0. The molecule has 0 spiro atoms. The number of rotatable bonds is 57. The van der Waals surface area contributed by atoms with Crippen molar-refractivity contribution in [2.24, 2.45) is 0 Å². The first-order valence-corrected chi connectivity index (χ1v) is 30.7. The van der Waals surface area contributed by atoms with E-state index in [-0.39, 0.29) is 31.1 Å². The van der Waals surface area contributed by atoms with Crippen LogP contribution in [-0.4, -0.2) is 37.2 Å². The summed E-state index contributed by atoms with van der Waals surface area (Å²) in [6, 6.07) is 0. The Morgan fingerprint density at radius 3 is 0.735 bits per heavy atom. The number of unbranched alkanes of at least 4 members (excludes halogenated alkanes) is 44. The van der Waals surface area contributed by atoms with Gasteiger partial charge in [-0.15, -0.1) is 0 Å². The van der Waals surface area contributed by atoms with Gasteiger partial charge in [0.2, 0.25) is 0 Å². The van der Waals surface area contributed by atoms with E-state index in [1.807, 2.05) is 0 Å². The highest BCUT2D eigenvalue weighted by atomic mass is 16.6. The molecule has 0 bridgehead atoms. The lowest BCUT2D eigenvalue weighted by Crippen LogP contribution is -2.30. The largest absolute Gasteiger partial charge is 0.462 e. The summed E-state index contributed by atoms with van der Waals surface area (Å²) < 4.78 is 16.8. The summed E-state index contributed by atoms with van der Waals surface area (Å²) in [4.78, 5) is 38.0. The zero-order valence-electron chi connectivity index (χ0n) is 46.2. The Morgan fingerprint density at radius 2 is 0.485 bits per heavy atom. The zero-order valence-corrected chi connectivity index (χ0v) is 46.2. The Labute approximate surface area is 424 Å². The minimum Gasteiger partial charge on any atom is -0.462 e. The van der Waals surface area contributed by atoms with Crippen LogP contribution in [-0.2, 0) is 28.6 Å². The first kappa shape index (κ1) is 66.2. The monoisotopic (exact) mass is 959 g/mol. The molecule has 0 aromatic carbocycles. The maximum Gasteiger partial charge on any atom is 0.306 e. The number of ether oxygens (including phenoxy) is 3. The van der Waals surface area contributed by atoms with Crippen LogP contribution >= 0.6 is 0 Å². The summed E-state index contributed by atoms with van der Waals surface area (Å²) in [6.45, 7) is 6.67. The molecular formula is C62H118O6. The van der Waals surface area contributed by atoms with Gasteiger partial charge in [-0.05, 0) is 44.9 Å². The second-order valence-corrected chi connectivity index (χ2v) is 21.0. The van der Waals surface area contributed by atoms with E-state index < -0.39 is 6.10 Å². The molecule has 0 rings (SSSR count). The molecule has 0 amide bonds. The fraction of sp³-hybridized carbons (Fsp3) is 0.919. The molecule has 402 valence electrons. The van der Waals surface area contributed by atoms with Gasteiger partial charge in [0.25, 0.3) is 0 Å². The second kappa shape index (κ2) is 57.7. The van der Waals surface area contributed by atoms with Crippen molar-refractivity contribution >= 4 is 17.9 Å². The molecule has 1 atom stereocenters. The Hall–Kier alpha value is -1.85. The van der Waals surface area contributed by atoms with Crippen LogP contribution in [0.3, 0.4) is 0 Å². The minimum atomic E-state index is -0.768. The summed E-state index contributed by atoms with van der Waals surface area (Å²) in [7, 11) is 0. The lowest BCUT2D eigenvalue weighted by Gasteiger charge is -2.18. The van der Waals surface area contributed by atoms with Gasteiger partial charge in [-0.25, -0.2) is 0 Å². The van der Waals surface area contributed by atoms with Crippen molar-refractivity contribution < 1.29 is 28.6 Å².